The first kappa shape index (κ1) is 19.7. The monoisotopic (exact) mass is 432 g/mol. The Morgan fingerprint density at radius 2 is 1.92 bits per heavy atom. The summed E-state index contributed by atoms with van der Waals surface area (Å²) in [6.07, 6.45) is 5.77. The van der Waals surface area contributed by atoms with Crippen LogP contribution in [-0.2, 0) is 10.8 Å². The molecule has 0 aliphatic carbocycles. The fraction of sp³-hybridized carbons (Fsp3) is 0.583. The van der Waals surface area contributed by atoms with Crippen LogP contribution in [0.1, 0.15) is 37.8 Å². The standard InChI is InChI=1S/C12H13Cl5N6O/c1-2-3-4-5-8-20-9(11(13,14)12(15,16)17)23(21-8)10(24)22-7-18-6-19-22/h6-7H,2-5H2,1H3. The van der Waals surface area contributed by atoms with E-state index in [9.17, 15) is 4.79 Å². The molecule has 0 aromatic carbocycles. The number of carbonyl (C=O) groups excluding carboxylic acids is 1. The predicted molar refractivity (Wildman–Crippen MR) is 93.1 cm³/mol. The lowest BCUT2D eigenvalue weighted by atomic mass is 10.2. The quantitative estimate of drug-likeness (QED) is 0.523. The predicted octanol–water partition coefficient (Wildman–Crippen LogP) is 4.12. The molecule has 0 aliphatic rings. The van der Waals surface area contributed by atoms with Gasteiger partial charge in [0.1, 0.15) is 12.7 Å². The lowest BCUT2D eigenvalue weighted by molar-refractivity contribution is 0.237. The molecule has 0 amide bonds. The molecule has 24 heavy (non-hydrogen) atoms. The summed E-state index contributed by atoms with van der Waals surface area (Å²) in [6, 6.07) is -0.698. The van der Waals surface area contributed by atoms with Crippen LogP contribution < -0.4 is 0 Å². The summed E-state index contributed by atoms with van der Waals surface area (Å²) in [7, 11) is 0. The number of hydrogen-bond donors (Lipinski definition) is 0. The van der Waals surface area contributed by atoms with Gasteiger partial charge in [0.15, 0.2) is 11.6 Å². The van der Waals surface area contributed by atoms with Gasteiger partial charge in [-0.3, -0.25) is 0 Å². The van der Waals surface area contributed by atoms with E-state index in [4.69, 9.17) is 58.0 Å². The van der Waals surface area contributed by atoms with E-state index in [-0.39, 0.29) is 5.82 Å². The summed E-state index contributed by atoms with van der Waals surface area (Å²) < 4.78 is -2.41. The van der Waals surface area contributed by atoms with Crippen molar-refractivity contribution in [2.45, 2.75) is 40.7 Å². The normalized spacial score (nSPS) is 12.6. The number of aryl methyl sites for hydroxylation is 1. The third kappa shape index (κ3) is 4.14. The lowest BCUT2D eigenvalue weighted by Gasteiger charge is -2.25. The Balaban J connectivity index is 2.45. The third-order valence-electron chi connectivity index (χ3n) is 3.09. The van der Waals surface area contributed by atoms with Crippen LogP contribution in [0.2, 0.25) is 0 Å². The van der Waals surface area contributed by atoms with E-state index in [0.717, 1.165) is 28.6 Å². The van der Waals surface area contributed by atoms with Gasteiger partial charge in [-0.05, 0) is 6.42 Å². The van der Waals surface area contributed by atoms with Gasteiger partial charge in [-0.25, -0.2) is 14.8 Å². The van der Waals surface area contributed by atoms with Gasteiger partial charge in [-0.15, -0.1) is 5.10 Å². The SMILES string of the molecule is CCCCCc1nc(C(Cl)(Cl)C(Cl)(Cl)Cl)n(C(=O)n2cncn2)n1. The first-order chi connectivity index (χ1) is 11.2. The second-order valence-electron chi connectivity index (χ2n) is 4.92. The summed E-state index contributed by atoms with van der Waals surface area (Å²) in [4.78, 5) is 20.4. The van der Waals surface area contributed by atoms with Gasteiger partial charge in [0.05, 0.1) is 0 Å². The van der Waals surface area contributed by atoms with Gasteiger partial charge in [0, 0.05) is 6.42 Å². The van der Waals surface area contributed by atoms with Crippen LogP contribution in [0.25, 0.3) is 0 Å². The van der Waals surface area contributed by atoms with Gasteiger partial charge in [-0.2, -0.15) is 14.5 Å². The molecular formula is C12H13Cl5N6O. The topological polar surface area (TPSA) is 78.5 Å². The molecule has 2 aromatic rings. The highest BCUT2D eigenvalue weighted by Crippen LogP contribution is 2.52. The third-order valence-corrected chi connectivity index (χ3v) is 5.42. The zero-order valence-electron chi connectivity index (χ0n) is 12.5. The molecule has 0 atom stereocenters. The van der Waals surface area contributed by atoms with E-state index >= 15 is 0 Å². The summed E-state index contributed by atoms with van der Waals surface area (Å²) >= 11 is 29.9. The van der Waals surface area contributed by atoms with Crippen LogP contribution in [0.4, 0.5) is 4.79 Å². The molecule has 12 heteroatoms. The van der Waals surface area contributed by atoms with Crippen molar-refractivity contribution in [2.24, 2.45) is 0 Å². The van der Waals surface area contributed by atoms with Crippen molar-refractivity contribution in [3.8, 4) is 0 Å². The van der Waals surface area contributed by atoms with E-state index in [1.165, 1.54) is 12.7 Å². The number of rotatable bonds is 5. The second-order valence-corrected chi connectivity index (χ2v) is 8.52. The molecule has 132 valence electrons. The second kappa shape index (κ2) is 7.74. The smallest absolute Gasteiger partial charge is 0.243 e. The molecule has 0 saturated heterocycles. The van der Waals surface area contributed by atoms with Crippen LogP contribution >= 0.6 is 58.0 Å². The molecule has 0 unspecified atom stereocenters. The van der Waals surface area contributed by atoms with Crippen LogP contribution in [-0.4, -0.2) is 39.4 Å². The molecule has 7 nitrogen and oxygen atoms in total. The summed E-state index contributed by atoms with van der Waals surface area (Å²) in [5.74, 6) is 0.171. The molecule has 0 N–H and O–H groups in total. The van der Waals surface area contributed by atoms with E-state index in [1.807, 2.05) is 0 Å². The lowest BCUT2D eigenvalue weighted by Crippen LogP contribution is -2.35. The van der Waals surface area contributed by atoms with E-state index in [2.05, 4.69) is 27.1 Å². The molecule has 2 heterocycles. The van der Waals surface area contributed by atoms with Crippen LogP contribution in [0, 0.1) is 0 Å². The molecular weight excluding hydrogens is 421 g/mol. The largest absolute Gasteiger partial charge is 0.372 e. The van der Waals surface area contributed by atoms with Crippen molar-refractivity contribution in [1.29, 1.82) is 0 Å². The van der Waals surface area contributed by atoms with Crippen molar-refractivity contribution in [3.63, 3.8) is 0 Å². The highest BCUT2D eigenvalue weighted by Gasteiger charge is 2.52. The maximum atomic E-state index is 12.5. The van der Waals surface area contributed by atoms with Crippen molar-refractivity contribution >= 4 is 64.0 Å². The number of hydrogen-bond acceptors (Lipinski definition) is 5. The number of halogens is 5. The molecule has 0 spiro atoms. The minimum absolute atomic E-state index is 0.196. The molecule has 2 rings (SSSR count). The minimum atomic E-state index is -2.13. The van der Waals surface area contributed by atoms with E-state index < -0.39 is 14.2 Å². The first-order valence-corrected chi connectivity index (χ1v) is 8.87. The Morgan fingerprint density at radius 3 is 2.46 bits per heavy atom. The molecule has 0 saturated carbocycles. The average molecular weight is 435 g/mol. The Hall–Kier alpha value is -0.600. The number of aromatic nitrogens is 6. The van der Waals surface area contributed by atoms with E-state index in [1.54, 1.807) is 0 Å². The van der Waals surface area contributed by atoms with Gasteiger partial charge in [-0.1, -0.05) is 77.8 Å². The highest BCUT2D eigenvalue weighted by atomic mass is 35.6. The van der Waals surface area contributed by atoms with E-state index in [0.29, 0.717) is 12.2 Å². The van der Waals surface area contributed by atoms with Crippen molar-refractivity contribution in [1.82, 2.24) is 29.5 Å². The van der Waals surface area contributed by atoms with Crippen molar-refractivity contribution in [2.75, 3.05) is 0 Å². The van der Waals surface area contributed by atoms with Gasteiger partial charge < -0.3 is 0 Å². The number of unbranched alkanes of at least 4 members (excludes halogenated alkanes) is 2. The van der Waals surface area contributed by atoms with Crippen LogP contribution in [0.15, 0.2) is 12.7 Å². The van der Waals surface area contributed by atoms with Crippen LogP contribution in [0.5, 0.6) is 0 Å². The van der Waals surface area contributed by atoms with Gasteiger partial charge >= 0.3 is 6.03 Å². The summed E-state index contributed by atoms with van der Waals surface area (Å²) in [5.41, 5.74) is 0. The highest BCUT2D eigenvalue weighted by molar-refractivity contribution is 6.75. The zero-order chi connectivity index (χ0) is 18.0. The maximum absolute atomic E-state index is 12.5. The molecule has 0 radical (unpaired) electrons. The zero-order valence-corrected chi connectivity index (χ0v) is 16.2. The molecule has 0 aliphatic heterocycles. The average Bonchev–Trinajstić information content (AvgIpc) is 3.15. The van der Waals surface area contributed by atoms with Crippen molar-refractivity contribution in [3.05, 3.63) is 24.3 Å². The summed E-state index contributed by atoms with van der Waals surface area (Å²) in [6.45, 7) is 2.07. The van der Waals surface area contributed by atoms with Gasteiger partial charge in [0.25, 0.3) is 0 Å². The molecule has 0 fully saturated rings. The number of nitrogens with zero attached hydrogens (tertiary/aromatic N) is 6. The Bertz CT molecular complexity index is 693. The Morgan fingerprint density at radius 1 is 1.21 bits per heavy atom. The Labute approximate surface area is 163 Å². The first-order valence-electron chi connectivity index (χ1n) is 6.98. The molecule has 0 bridgehead atoms. The Kier molecular flexibility index (Phi) is 6.36. The minimum Gasteiger partial charge on any atom is -0.243 e. The molecule has 2 aromatic heterocycles. The fourth-order valence-electron chi connectivity index (χ4n) is 1.86. The van der Waals surface area contributed by atoms with Crippen LogP contribution in [0.3, 0.4) is 0 Å². The van der Waals surface area contributed by atoms with Gasteiger partial charge in [0.2, 0.25) is 8.13 Å². The van der Waals surface area contributed by atoms with Crippen molar-refractivity contribution < 1.29 is 4.79 Å². The summed E-state index contributed by atoms with van der Waals surface area (Å²) in [5, 5.41) is 7.89. The maximum Gasteiger partial charge on any atom is 0.372 e. The fourth-order valence-corrected chi connectivity index (χ4v) is 2.36. The number of carbonyl (C=O) groups is 1. The number of alkyl halides is 5.